The van der Waals surface area contributed by atoms with Crippen molar-refractivity contribution in [2.24, 2.45) is 0 Å². The lowest BCUT2D eigenvalue weighted by Crippen LogP contribution is -2.38. The van der Waals surface area contributed by atoms with Gasteiger partial charge in [0.2, 0.25) is 0 Å². The fourth-order valence-electron chi connectivity index (χ4n) is 2.97. The molecule has 2 heterocycles. The van der Waals surface area contributed by atoms with Crippen molar-refractivity contribution in [3.05, 3.63) is 42.0 Å². The molecule has 122 valence electrons. The number of H-pyrrole nitrogens is 1. The van der Waals surface area contributed by atoms with E-state index < -0.39 is 0 Å². The van der Waals surface area contributed by atoms with E-state index in [2.05, 4.69) is 9.97 Å². The summed E-state index contributed by atoms with van der Waals surface area (Å²) in [5.74, 6) is 2.67. The molecule has 0 unspecified atom stereocenters. The van der Waals surface area contributed by atoms with E-state index in [0.717, 1.165) is 31.8 Å². The fraction of sp³-hybridized carbons (Fsp3) is 0.412. The van der Waals surface area contributed by atoms with Crippen LogP contribution in [0.3, 0.4) is 0 Å². The number of piperidine rings is 1. The summed E-state index contributed by atoms with van der Waals surface area (Å²) in [5, 5.41) is 0. The normalized spacial score (nSPS) is 15.5. The van der Waals surface area contributed by atoms with E-state index in [9.17, 15) is 4.79 Å². The number of benzene rings is 1. The van der Waals surface area contributed by atoms with E-state index in [4.69, 9.17) is 9.47 Å². The summed E-state index contributed by atoms with van der Waals surface area (Å²) in [5.41, 5.74) is 0.595. The molecule has 0 spiro atoms. The van der Waals surface area contributed by atoms with Crippen molar-refractivity contribution < 1.29 is 14.3 Å². The van der Waals surface area contributed by atoms with Crippen LogP contribution in [-0.4, -0.2) is 48.1 Å². The van der Waals surface area contributed by atoms with Gasteiger partial charge in [0.15, 0.2) is 0 Å². The molecule has 6 nitrogen and oxygen atoms in total. The van der Waals surface area contributed by atoms with Crippen LogP contribution in [0.15, 0.2) is 30.6 Å². The number of nitrogens with one attached hydrogen (secondary N) is 1. The first kappa shape index (κ1) is 15.4. The number of amides is 1. The van der Waals surface area contributed by atoms with E-state index in [1.165, 1.54) is 0 Å². The second kappa shape index (κ2) is 6.73. The Morgan fingerprint density at radius 3 is 2.35 bits per heavy atom. The number of aromatic nitrogens is 2. The molecular weight excluding hydrogens is 294 g/mol. The second-order valence-corrected chi connectivity index (χ2v) is 5.64. The van der Waals surface area contributed by atoms with Crippen molar-refractivity contribution in [3.8, 4) is 11.5 Å². The largest absolute Gasteiger partial charge is 0.497 e. The lowest BCUT2D eigenvalue weighted by molar-refractivity contribution is 0.0710. The third-order valence-electron chi connectivity index (χ3n) is 4.29. The molecule has 6 heteroatoms. The van der Waals surface area contributed by atoms with Gasteiger partial charge in [0.05, 0.1) is 14.2 Å². The van der Waals surface area contributed by atoms with E-state index in [1.807, 2.05) is 11.1 Å². The van der Waals surface area contributed by atoms with Gasteiger partial charge in [-0.2, -0.15) is 0 Å². The Labute approximate surface area is 135 Å². The van der Waals surface area contributed by atoms with Crippen molar-refractivity contribution in [2.75, 3.05) is 27.3 Å². The second-order valence-electron chi connectivity index (χ2n) is 5.64. The number of hydrogen-bond donors (Lipinski definition) is 1. The summed E-state index contributed by atoms with van der Waals surface area (Å²) in [6.07, 6.45) is 5.45. The molecule has 0 saturated carbocycles. The molecule has 0 bridgehead atoms. The third kappa shape index (κ3) is 3.31. The zero-order valence-electron chi connectivity index (χ0n) is 13.4. The first-order valence-corrected chi connectivity index (χ1v) is 7.73. The maximum atomic E-state index is 12.7. The lowest BCUT2D eigenvalue weighted by Gasteiger charge is -2.31. The van der Waals surface area contributed by atoms with Crippen LogP contribution in [0.5, 0.6) is 11.5 Å². The Kier molecular flexibility index (Phi) is 4.50. The van der Waals surface area contributed by atoms with Crippen molar-refractivity contribution in [2.45, 2.75) is 18.8 Å². The summed E-state index contributed by atoms with van der Waals surface area (Å²) < 4.78 is 10.5. The van der Waals surface area contributed by atoms with E-state index in [1.54, 1.807) is 38.6 Å². The van der Waals surface area contributed by atoms with E-state index in [-0.39, 0.29) is 5.91 Å². The first-order chi connectivity index (χ1) is 11.2. The first-order valence-electron chi connectivity index (χ1n) is 7.73. The van der Waals surface area contributed by atoms with Crippen LogP contribution in [-0.2, 0) is 0 Å². The molecule has 3 rings (SSSR count). The monoisotopic (exact) mass is 315 g/mol. The molecule has 1 aromatic carbocycles. The maximum Gasteiger partial charge on any atom is 0.254 e. The smallest absolute Gasteiger partial charge is 0.254 e. The minimum Gasteiger partial charge on any atom is -0.497 e. The molecule has 1 N–H and O–H groups in total. The number of aromatic amines is 1. The number of ether oxygens (including phenoxy) is 2. The number of carbonyl (C=O) groups excluding carboxylic acids is 1. The highest BCUT2D eigenvalue weighted by molar-refractivity contribution is 5.95. The highest BCUT2D eigenvalue weighted by Gasteiger charge is 2.26. The van der Waals surface area contributed by atoms with Crippen molar-refractivity contribution >= 4 is 5.91 Å². The number of nitrogens with zero attached hydrogens (tertiary/aromatic N) is 2. The topological polar surface area (TPSA) is 67.5 Å². The number of imidazole rings is 1. The molecule has 2 aromatic rings. The average molecular weight is 315 g/mol. The minimum atomic E-state index is 0.0140. The van der Waals surface area contributed by atoms with Crippen LogP contribution in [0.25, 0.3) is 0 Å². The van der Waals surface area contributed by atoms with Gasteiger partial charge in [-0.25, -0.2) is 4.98 Å². The van der Waals surface area contributed by atoms with E-state index in [0.29, 0.717) is 23.0 Å². The molecule has 1 amide bonds. The van der Waals surface area contributed by atoms with E-state index >= 15 is 0 Å². The zero-order chi connectivity index (χ0) is 16.2. The van der Waals surface area contributed by atoms with Crippen LogP contribution in [0.1, 0.15) is 34.9 Å². The number of methoxy groups -OCH3 is 2. The van der Waals surface area contributed by atoms with Gasteiger partial charge < -0.3 is 19.4 Å². The Hall–Kier alpha value is -2.50. The molecular formula is C17H21N3O3. The summed E-state index contributed by atoms with van der Waals surface area (Å²) in [7, 11) is 3.16. The van der Waals surface area contributed by atoms with Crippen molar-refractivity contribution in [1.82, 2.24) is 14.9 Å². The van der Waals surface area contributed by atoms with Gasteiger partial charge in [0, 0.05) is 43.0 Å². The minimum absolute atomic E-state index is 0.0140. The number of hydrogen-bond acceptors (Lipinski definition) is 4. The summed E-state index contributed by atoms with van der Waals surface area (Å²) in [4.78, 5) is 22.1. The molecule has 0 aliphatic carbocycles. The summed E-state index contributed by atoms with van der Waals surface area (Å²) >= 11 is 0. The molecule has 1 aliphatic heterocycles. The van der Waals surface area contributed by atoms with Gasteiger partial charge in [0.1, 0.15) is 17.3 Å². The summed E-state index contributed by atoms with van der Waals surface area (Å²) in [6, 6.07) is 5.27. The molecule has 0 radical (unpaired) electrons. The lowest BCUT2D eigenvalue weighted by atomic mass is 9.95. The summed E-state index contributed by atoms with van der Waals surface area (Å²) in [6.45, 7) is 1.45. The predicted octanol–water partition coefficient (Wildman–Crippen LogP) is 2.45. The van der Waals surface area contributed by atoms with Gasteiger partial charge in [-0.1, -0.05) is 0 Å². The fourth-order valence-corrected chi connectivity index (χ4v) is 2.97. The van der Waals surface area contributed by atoms with Gasteiger partial charge in [-0.05, 0) is 25.0 Å². The highest BCUT2D eigenvalue weighted by Crippen LogP contribution is 2.28. The predicted molar refractivity (Wildman–Crippen MR) is 86.0 cm³/mol. The molecule has 1 aromatic heterocycles. The number of carbonyl (C=O) groups is 1. The molecule has 23 heavy (non-hydrogen) atoms. The van der Waals surface area contributed by atoms with Gasteiger partial charge in [-0.15, -0.1) is 0 Å². The molecule has 0 atom stereocenters. The Morgan fingerprint density at radius 2 is 1.83 bits per heavy atom. The molecule has 1 saturated heterocycles. The van der Waals surface area contributed by atoms with Gasteiger partial charge >= 0.3 is 0 Å². The molecule has 1 fully saturated rings. The number of likely N-dealkylation sites (tertiary alicyclic amines) is 1. The van der Waals surface area contributed by atoms with Gasteiger partial charge in [-0.3, -0.25) is 4.79 Å². The van der Waals surface area contributed by atoms with Crippen molar-refractivity contribution in [3.63, 3.8) is 0 Å². The Bertz CT molecular complexity index is 639. The number of rotatable bonds is 4. The van der Waals surface area contributed by atoms with Crippen LogP contribution in [0.4, 0.5) is 0 Å². The van der Waals surface area contributed by atoms with Crippen LogP contribution < -0.4 is 9.47 Å². The van der Waals surface area contributed by atoms with Crippen LogP contribution in [0, 0.1) is 0 Å². The SMILES string of the molecule is COc1cc(OC)cc(C(=O)N2CCC(c3ncc[nH]3)CC2)c1. The Balaban J connectivity index is 1.70. The van der Waals surface area contributed by atoms with Gasteiger partial charge in [0.25, 0.3) is 5.91 Å². The Morgan fingerprint density at radius 1 is 1.17 bits per heavy atom. The quantitative estimate of drug-likeness (QED) is 0.941. The third-order valence-corrected chi connectivity index (χ3v) is 4.29. The average Bonchev–Trinajstić information content (AvgIpc) is 3.15. The van der Waals surface area contributed by atoms with Crippen molar-refractivity contribution in [1.29, 1.82) is 0 Å². The maximum absolute atomic E-state index is 12.7. The standard InChI is InChI=1S/C17H21N3O3/c1-22-14-9-13(10-15(11-14)23-2)17(21)20-7-3-12(4-8-20)16-18-5-6-19-16/h5-6,9-12H,3-4,7-8H2,1-2H3,(H,18,19). The zero-order valence-corrected chi connectivity index (χ0v) is 13.4. The van der Waals surface area contributed by atoms with Crippen LogP contribution in [0.2, 0.25) is 0 Å². The highest BCUT2D eigenvalue weighted by atomic mass is 16.5. The van der Waals surface area contributed by atoms with Crippen LogP contribution >= 0.6 is 0 Å². The molecule has 1 aliphatic rings.